The fourth-order valence-electron chi connectivity index (χ4n) is 2.15. The number of hydrogen-bond acceptors (Lipinski definition) is 7. The molecule has 27 heavy (non-hydrogen) atoms. The fraction of sp³-hybridized carbons (Fsp3) is 0.750. The van der Waals surface area contributed by atoms with Gasteiger partial charge in [0.2, 0.25) is 17.7 Å². The van der Waals surface area contributed by atoms with Crippen molar-refractivity contribution in [2.24, 2.45) is 11.7 Å². The van der Waals surface area contributed by atoms with E-state index in [1.165, 1.54) is 11.8 Å². The number of nitrogens with two attached hydrogens (primary N) is 1. The third kappa shape index (κ3) is 10.8. The SMILES string of the molecule is CSCCC(NC(=O)C(CO)NC(=O)C(N)CC(C)C)C(=O)NCC(=O)O. The van der Waals surface area contributed by atoms with E-state index in [9.17, 15) is 24.3 Å². The summed E-state index contributed by atoms with van der Waals surface area (Å²) in [7, 11) is 0. The molecule has 0 fully saturated rings. The van der Waals surface area contributed by atoms with Crippen LogP contribution in [-0.2, 0) is 19.2 Å². The number of aliphatic hydroxyl groups is 1. The third-order valence-corrected chi connectivity index (χ3v) is 4.18. The summed E-state index contributed by atoms with van der Waals surface area (Å²) in [5, 5.41) is 25.1. The number of carbonyl (C=O) groups is 4. The summed E-state index contributed by atoms with van der Waals surface area (Å²) >= 11 is 1.45. The van der Waals surface area contributed by atoms with Gasteiger partial charge in [0.05, 0.1) is 12.6 Å². The minimum atomic E-state index is -1.26. The van der Waals surface area contributed by atoms with E-state index >= 15 is 0 Å². The molecule has 3 amide bonds. The Hall–Kier alpha value is -1.85. The first-order valence-electron chi connectivity index (χ1n) is 8.57. The Balaban J connectivity index is 4.90. The molecule has 0 heterocycles. The molecule has 0 aliphatic heterocycles. The highest BCUT2D eigenvalue weighted by Crippen LogP contribution is 2.04. The molecule has 0 aromatic heterocycles. The molecule has 0 spiro atoms. The zero-order valence-corrected chi connectivity index (χ0v) is 16.7. The molecular weight excluding hydrogens is 376 g/mol. The highest BCUT2D eigenvalue weighted by Gasteiger charge is 2.27. The van der Waals surface area contributed by atoms with Gasteiger partial charge in [0, 0.05) is 0 Å². The van der Waals surface area contributed by atoms with Gasteiger partial charge in [-0.25, -0.2) is 0 Å². The molecule has 0 aliphatic carbocycles. The van der Waals surface area contributed by atoms with Gasteiger partial charge in [0.1, 0.15) is 18.6 Å². The first-order chi connectivity index (χ1) is 12.6. The second-order valence-electron chi connectivity index (χ2n) is 6.43. The Morgan fingerprint density at radius 2 is 1.63 bits per heavy atom. The van der Waals surface area contributed by atoms with E-state index in [4.69, 9.17) is 10.8 Å². The lowest BCUT2D eigenvalue weighted by Crippen LogP contribution is -2.57. The Bertz CT molecular complexity index is 517. The van der Waals surface area contributed by atoms with Gasteiger partial charge in [-0.2, -0.15) is 11.8 Å². The number of aliphatic carboxylic acids is 1. The van der Waals surface area contributed by atoms with Crippen LogP contribution in [0.1, 0.15) is 26.7 Å². The number of carboxylic acids is 1. The van der Waals surface area contributed by atoms with Crippen molar-refractivity contribution < 1.29 is 29.4 Å². The largest absolute Gasteiger partial charge is 0.480 e. The smallest absolute Gasteiger partial charge is 0.322 e. The van der Waals surface area contributed by atoms with Crippen LogP contribution in [0.5, 0.6) is 0 Å². The standard InChI is InChI=1S/C16H30N4O6S/c1-9(2)6-10(17)14(24)20-12(8-21)16(26)19-11(4-5-27-3)15(25)18-7-13(22)23/h9-12,21H,4-8,17H2,1-3H3,(H,18,25)(H,19,26)(H,20,24)(H,22,23). The number of nitrogens with one attached hydrogen (secondary N) is 3. The summed E-state index contributed by atoms with van der Waals surface area (Å²) in [6.07, 6.45) is 2.50. The fourth-order valence-corrected chi connectivity index (χ4v) is 2.62. The summed E-state index contributed by atoms with van der Waals surface area (Å²) in [5.41, 5.74) is 5.76. The molecule has 0 radical (unpaired) electrons. The van der Waals surface area contributed by atoms with Crippen molar-refractivity contribution in [2.45, 2.75) is 44.8 Å². The van der Waals surface area contributed by atoms with Gasteiger partial charge < -0.3 is 31.9 Å². The topological polar surface area (TPSA) is 171 Å². The molecule has 0 aliphatic rings. The van der Waals surface area contributed by atoms with Gasteiger partial charge in [-0.3, -0.25) is 19.2 Å². The highest BCUT2D eigenvalue weighted by atomic mass is 32.2. The van der Waals surface area contributed by atoms with Crippen LogP contribution in [0, 0.1) is 5.92 Å². The minimum absolute atomic E-state index is 0.181. The van der Waals surface area contributed by atoms with Crippen LogP contribution in [0.25, 0.3) is 0 Å². The maximum Gasteiger partial charge on any atom is 0.322 e. The van der Waals surface area contributed by atoms with Crippen molar-refractivity contribution in [3.05, 3.63) is 0 Å². The Labute approximate surface area is 163 Å². The Morgan fingerprint density at radius 3 is 2.11 bits per heavy atom. The zero-order valence-electron chi connectivity index (χ0n) is 15.9. The van der Waals surface area contributed by atoms with Gasteiger partial charge in [0.25, 0.3) is 0 Å². The summed E-state index contributed by atoms with van der Waals surface area (Å²) in [6, 6.07) is -3.07. The number of amides is 3. The van der Waals surface area contributed by atoms with Crippen LogP contribution in [0.3, 0.4) is 0 Å². The van der Waals surface area contributed by atoms with Crippen molar-refractivity contribution in [1.82, 2.24) is 16.0 Å². The maximum atomic E-state index is 12.3. The van der Waals surface area contributed by atoms with Crippen molar-refractivity contribution in [3.8, 4) is 0 Å². The van der Waals surface area contributed by atoms with Gasteiger partial charge in [-0.15, -0.1) is 0 Å². The number of hydrogen-bond donors (Lipinski definition) is 6. The van der Waals surface area contributed by atoms with Gasteiger partial charge in [-0.05, 0) is 30.8 Å². The van der Waals surface area contributed by atoms with Crippen LogP contribution in [-0.4, -0.2) is 77.2 Å². The molecule has 0 aromatic carbocycles. The number of carbonyl (C=O) groups excluding carboxylic acids is 3. The van der Waals surface area contributed by atoms with Gasteiger partial charge in [0.15, 0.2) is 0 Å². The van der Waals surface area contributed by atoms with Crippen LogP contribution >= 0.6 is 11.8 Å². The average molecular weight is 407 g/mol. The highest BCUT2D eigenvalue weighted by molar-refractivity contribution is 7.98. The van der Waals surface area contributed by atoms with E-state index in [0.717, 1.165) is 0 Å². The van der Waals surface area contributed by atoms with E-state index < -0.39 is 55.0 Å². The molecule has 7 N–H and O–H groups in total. The third-order valence-electron chi connectivity index (χ3n) is 3.54. The second-order valence-corrected chi connectivity index (χ2v) is 7.42. The first-order valence-corrected chi connectivity index (χ1v) is 9.97. The summed E-state index contributed by atoms with van der Waals surface area (Å²) in [4.78, 5) is 47.1. The Morgan fingerprint density at radius 1 is 1.04 bits per heavy atom. The summed E-state index contributed by atoms with van der Waals surface area (Å²) in [6.45, 7) is 2.55. The molecule has 0 saturated carbocycles. The predicted octanol–water partition coefficient (Wildman–Crippen LogP) is -1.72. The molecule has 3 unspecified atom stereocenters. The molecular formula is C16H30N4O6S. The lowest BCUT2D eigenvalue weighted by molar-refractivity contribution is -0.138. The predicted molar refractivity (Wildman–Crippen MR) is 102 cm³/mol. The van der Waals surface area contributed by atoms with Crippen molar-refractivity contribution in [2.75, 3.05) is 25.2 Å². The van der Waals surface area contributed by atoms with Gasteiger partial charge >= 0.3 is 5.97 Å². The van der Waals surface area contributed by atoms with Crippen molar-refractivity contribution >= 4 is 35.5 Å². The van der Waals surface area contributed by atoms with Crippen LogP contribution in [0.15, 0.2) is 0 Å². The van der Waals surface area contributed by atoms with Crippen LogP contribution < -0.4 is 21.7 Å². The van der Waals surface area contributed by atoms with E-state index in [-0.39, 0.29) is 12.3 Å². The first kappa shape index (κ1) is 25.1. The number of thioether (sulfide) groups is 1. The molecule has 3 atom stereocenters. The van der Waals surface area contributed by atoms with E-state index in [0.29, 0.717) is 12.2 Å². The Kier molecular flexibility index (Phi) is 12.4. The van der Waals surface area contributed by atoms with Crippen LogP contribution in [0.4, 0.5) is 0 Å². The lowest BCUT2D eigenvalue weighted by Gasteiger charge is -2.23. The van der Waals surface area contributed by atoms with Crippen molar-refractivity contribution in [1.29, 1.82) is 0 Å². The number of aliphatic hydroxyl groups excluding tert-OH is 1. The molecule has 0 saturated heterocycles. The monoisotopic (exact) mass is 406 g/mol. The van der Waals surface area contributed by atoms with Crippen molar-refractivity contribution in [3.63, 3.8) is 0 Å². The normalized spacial score (nSPS) is 14.1. The number of rotatable bonds is 13. The van der Waals surface area contributed by atoms with E-state index in [1.54, 1.807) is 0 Å². The molecule has 0 rings (SSSR count). The lowest BCUT2D eigenvalue weighted by atomic mass is 10.0. The minimum Gasteiger partial charge on any atom is -0.480 e. The average Bonchev–Trinajstić information content (AvgIpc) is 2.59. The second kappa shape index (κ2) is 13.3. The molecule has 0 aromatic rings. The molecule has 10 nitrogen and oxygen atoms in total. The zero-order chi connectivity index (χ0) is 21.0. The molecule has 11 heteroatoms. The molecule has 156 valence electrons. The van der Waals surface area contributed by atoms with Gasteiger partial charge in [-0.1, -0.05) is 13.8 Å². The summed E-state index contributed by atoms with van der Waals surface area (Å²) < 4.78 is 0. The van der Waals surface area contributed by atoms with E-state index in [2.05, 4.69) is 16.0 Å². The molecule has 0 bridgehead atoms. The number of carboxylic acid groups (broad SMARTS) is 1. The maximum absolute atomic E-state index is 12.3. The van der Waals surface area contributed by atoms with Crippen LogP contribution in [0.2, 0.25) is 0 Å². The van der Waals surface area contributed by atoms with E-state index in [1.807, 2.05) is 20.1 Å². The summed E-state index contributed by atoms with van der Waals surface area (Å²) in [5.74, 6) is -2.47. The quantitative estimate of drug-likeness (QED) is 0.210.